The molecule has 4 heteroatoms. The van der Waals surface area contributed by atoms with Gasteiger partial charge in [0.2, 0.25) is 0 Å². The van der Waals surface area contributed by atoms with E-state index >= 15 is 0 Å². The van der Waals surface area contributed by atoms with Gasteiger partial charge in [0.25, 0.3) is 0 Å². The van der Waals surface area contributed by atoms with Crippen LogP contribution in [0.2, 0.25) is 0 Å². The Kier molecular flexibility index (Phi) is 5.59. The molecule has 0 aromatic carbocycles. The molecule has 1 aliphatic heterocycles. The smallest absolute Gasteiger partial charge is 0.158 e. The van der Waals surface area contributed by atoms with Crippen molar-refractivity contribution in [3.63, 3.8) is 0 Å². The first-order valence-corrected chi connectivity index (χ1v) is 6.87. The second-order valence-electron chi connectivity index (χ2n) is 6.50. The van der Waals surface area contributed by atoms with Gasteiger partial charge in [0.05, 0.1) is 0 Å². The fourth-order valence-electron chi connectivity index (χ4n) is 2.85. The van der Waals surface area contributed by atoms with Gasteiger partial charge in [-0.05, 0) is 31.7 Å². The molecule has 0 bridgehead atoms. The van der Waals surface area contributed by atoms with Crippen LogP contribution in [0, 0.1) is 5.41 Å². The van der Waals surface area contributed by atoms with E-state index in [1.165, 1.54) is 12.8 Å². The molecule has 0 saturated carbocycles. The minimum absolute atomic E-state index is 0.0472. The van der Waals surface area contributed by atoms with Crippen LogP contribution < -0.4 is 5.73 Å². The summed E-state index contributed by atoms with van der Waals surface area (Å²) >= 11 is 0. The number of hydrogen-bond donors (Lipinski definition) is 1. The van der Waals surface area contributed by atoms with Crippen molar-refractivity contribution >= 4 is 0 Å². The Morgan fingerprint density at radius 3 is 2.39 bits per heavy atom. The Morgan fingerprint density at radius 1 is 1.33 bits per heavy atom. The molecule has 0 radical (unpaired) electrons. The number of likely N-dealkylation sites (tertiary alicyclic amines) is 1. The fraction of sp³-hybridized carbons (Fsp3) is 1.00. The van der Waals surface area contributed by atoms with Gasteiger partial charge in [-0.3, -0.25) is 4.90 Å². The molecule has 0 aromatic rings. The Morgan fingerprint density at radius 2 is 1.94 bits per heavy atom. The van der Waals surface area contributed by atoms with E-state index in [0.29, 0.717) is 12.0 Å². The number of piperidine rings is 1. The SMILES string of the molecule is COC(CC(C)(CN)N1CCCC(C)(C)C1)OC. The molecule has 1 atom stereocenters. The van der Waals surface area contributed by atoms with Gasteiger partial charge in [-0.25, -0.2) is 0 Å². The predicted molar refractivity (Wildman–Crippen MR) is 74.5 cm³/mol. The number of hydrogen-bond acceptors (Lipinski definition) is 4. The number of nitrogens with zero attached hydrogens (tertiary/aromatic N) is 1. The quantitative estimate of drug-likeness (QED) is 0.739. The van der Waals surface area contributed by atoms with E-state index in [4.69, 9.17) is 15.2 Å². The molecule has 4 nitrogen and oxygen atoms in total. The average Bonchev–Trinajstić information content (AvgIpc) is 2.34. The van der Waals surface area contributed by atoms with E-state index < -0.39 is 0 Å². The van der Waals surface area contributed by atoms with Crippen LogP contribution in [-0.4, -0.2) is 50.6 Å². The highest BCUT2D eigenvalue weighted by Gasteiger charge is 2.38. The first-order chi connectivity index (χ1) is 8.37. The molecule has 0 aliphatic carbocycles. The minimum atomic E-state index is -0.177. The third kappa shape index (κ3) is 3.92. The lowest BCUT2D eigenvalue weighted by Crippen LogP contribution is -2.58. The molecule has 1 saturated heterocycles. The third-order valence-corrected chi connectivity index (χ3v) is 4.24. The van der Waals surface area contributed by atoms with Crippen molar-refractivity contribution in [1.29, 1.82) is 0 Å². The van der Waals surface area contributed by atoms with Crippen LogP contribution in [0.25, 0.3) is 0 Å². The van der Waals surface area contributed by atoms with Crippen LogP contribution in [0.3, 0.4) is 0 Å². The lowest BCUT2D eigenvalue weighted by atomic mass is 9.81. The summed E-state index contributed by atoms with van der Waals surface area (Å²) < 4.78 is 10.7. The molecule has 1 rings (SSSR count). The maximum atomic E-state index is 6.03. The fourth-order valence-corrected chi connectivity index (χ4v) is 2.85. The predicted octanol–water partition coefficient (Wildman–Crippen LogP) is 1.83. The molecule has 0 aromatic heterocycles. The normalized spacial score (nSPS) is 24.2. The zero-order valence-electron chi connectivity index (χ0n) is 12.7. The molecule has 1 heterocycles. The van der Waals surface area contributed by atoms with Crippen molar-refractivity contribution in [2.75, 3.05) is 33.9 Å². The molecule has 2 N–H and O–H groups in total. The van der Waals surface area contributed by atoms with E-state index in [1.807, 2.05) is 0 Å². The maximum Gasteiger partial charge on any atom is 0.158 e. The van der Waals surface area contributed by atoms with Crippen LogP contribution in [0.1, 0.15) is 40.0 Å². The van der Waals surface area contributed by atoms with Gasteiger partial charge in [-0.2, -0.15) is 0 Å². The molecule has 108 valence electrons. The lowest BCUT2D eigenvalue weighted by Gasteiger charge is -2.48. The van der Waals surface area contributed by atoms with Crippen molar-refractivity contribution in [3.05, 3.63) is 0 Å². The van der Waals surface area contributed by atoms with Crippen molar-refractivity contribution in [2.45, 2.75) is 51.9 Å². The number of methoxy groups -OCH3 is 2. The van der Waals surface area contributed by atoms with E-state index in [9.17, 15) is 0 Å². The Balaban J connectivity index is 2.73. The third-order valence-electron chi connectivity index (χ3n) is 4.24. The van der Waals surface area contributed by atoms with Crippen molar-refractivity contribution < 1.29 is 9.47 Å². The Bertz CT molecular complexity index is 254. The minimum Gasteiger partial charge on any atom is -0.356 e. The van der Waals surface area contributed by atoms with Gasteiger partial charge in [0, 0.05) is 39.3 Å². The van der Waals surface area contributed by atoms with Crippen LogP contribution in [0.4, 0.5) is 0 Å². The molecular formula is C14H30N2O2. The first kappa shape index (κ1) is 15.9. The highest BCUT2D eigenvalue weighted by molar-refractivity contribution is 4.93. The van der Waals surface area contributed by atoms with Crippen molar-refractivity contribution in [2.24, 2.45) is 11.1 Å². The first-order valence-electron chi connectivity index (χ1n) is 6.87. The second-order valence-corrected chi connectivity index (χ2v) is 6.50. The molecule has 18 heavy (non-hydrogen) atoms. The number of nitrogens with two attached hydrogens (primary N) is 1. The monoisotopic (exact) mass is 258 g/mol. The molecule has 1 aliphatic rings. The van der Waals surface area contributed by atoms with E-state index in [-0.39, 0.29) is 11.8 Å². The van der Waals surface area contributed by atoms with Crippen molar-refractivity contribution in [3.8, 4) is 0 Å². The summed E-state index contributed by atoms with van der Waals surface area (Å²) in [6.45, 7) is 9.74. The highest BCUT2D eigenvalue weighted by atomic mass is 16.7. The molecule has 0 spiro atoms. The number of rotatable bonds is 6. The highest BCUT2D eigenvalue weighted by Crippen LogP contribution is 2.34. The molecular weight excluding hydrogens is 228 g/mol. The van der Waals surface area contributed by atoms with Crippen LogP contribution >= 0.6 is 0 Å². The van der Waals surface area contributed by atoms with Gasteiger partial charge >= 0.3 is 0 Å². The summed E-state index contributed by atoms with van der Waals surface area (Å²) in [6.07, 6.45) is 3.17. The van der Waals surface area contributed by atoms with Gasteiger partial charge in [0.15, 0.2) is 6.29 Å². The van der Waals surface area contributed by atoms with Crippen LogP contribution in [-0.2, 0) is 9.47 Å². The van der Waals surface area contributed by atoms with E-state index in [0.717, 1.165) is 19.5 Å². The molecule has 1 unspecified atom stereocenters. The van der Waals surface area contributed by atoms with Gasteiger partial charge in [0.1, 0.15) is 0 Å². The topological polar surface area (TPSA) is 47.7 Å². The van der Waals surface area contributed by atoms with Gasteiger partial charge < -0.3 is 15.2 Å². The molecule has 1 fully saturated rings. The van der Waals surface area contributed by atoms with Gasteiger partial charge in [-0.1, -0.05) is 13.8 Å². The summed E-state index contributed by atoms with van der Waals surface area (Å²) in [5.74, 6) is 0. The summed E-state index contributed by atoms with van der Waals surface area (Å²) in [5.41, 5.74) is 6.36. The van der Waals surface area contributed by atoms with Crippen LogP contribution in [0.5, 0.6) is 0 Å². The summed E-state index contributed by atoms with van der Waals surface area (Å²) in [6, 6.07) is 0. The Labute approximate surface area is 112 Å². The Hall–Kier alpha value is -0.160. The summed E-state index contributed by atoms with van der Waals surface area (Å²) in [7, 11) is 3.37. The molecule has 0 amide bonds. The van der Waals surface area contributed by atoms with Gasteiger partial charge in [-0.15, -0.1) is 0 Å². The lowest BCUT2D eigenvalue weighted by molar-refractivity contribution is -0.133. The second kappa shape index (κ2) is 6.33. The van der Waals surface area contributed by atoms with E-state index in [1.54, 1.807) is 14.2 Å². The zero-order valence-corrected chi connectivity index (χ0v) is 12.7. The average molecular weight is 258 g/mol. The van der Waals surface area contributed by atoms with Crippen molar-refractivity contribution in [1.82, 2.24) is 4.90 Å². The summed E-state index contributed by atoms with van der Waals surface area (Å²) in [5, 5.41) is 0. The standard InChI is InChI=1S/C14H30N2O2/c1-13(2)7-6-8-16(11-13)14(3,10-15)9-12(17-4)18-5/h12H,6-11,15H2,1-5H3. The summed E-state index contributed by atoms with van der Waals surface area (Å²) in [4.78, 5) is 2.52. The van der Waals surface area contributed by atoms with Crippen LogP contribution in [0.15, 0.2) is 0 Å². The largest absolute Gasteiger partial charge is 0.356 e. The van der Waals surface area contributed by atoms with E-state index in [2.05, 4.69) is 25.7 Å². The zero-order chi connectivity index (χ0) is 13.8. The maximum absolute atomic E-state index is 6.03. The number of ether oxygens (including phenoxy) is 2.